The lowest BCUT2D eigenvalue weighted by Gasteiger charge is -2.40. The average molecular weight is 391 g/mol. The Morgan fingerprint density at radius 1 is 0.926 bits per heavy atom. The first-order chi connectivity index (χ1) is 12.9. The third-order valence-electron chi connectivity index (χ3n) is 5.17. The number of aliphatic hydroxyl groups is 3. The Bertz CT molecular complexity index is 404. The van der Waals surface area contributed by atoms with Crippen molar-refractivity contribution in [1.29, 1.82) is 0 Å². The van der Waals surface area contributed by atoms with Gasteiger partial charge in [-0.2, -0.15) is 0 Å². The first-order valence-electron chi connectivity index (χ1n) is 10.4. The van der Waals surface area contributed by atoms with Gasteiger partial charge in [-0.15, -0.1) is 0 Å². The fraction of sp³-hybridized carbons (Fsp3) is 0.950. The Hall–Kier alpha value is -0.730. The summed E-state index contributed by atoms with van der Waals surface area (Å²) in [6.07, 6.45) is 4.50. The molecule has 1 fully saturated rings. The molecule has 27 heavy (non-hydrogen) atoms. The molecule has 4 N–H and O–H groups in total. The highest BCUT2D eigenvalue weighted by Crippen LogP contribution is 2.25. The summed E-state index contributed by atoms with van der Waals surface area (Å²) in [5.74, 6) is -0.977. The van der Waals surface area contributed by atoms with Gasteiger partial charge in [0.05, 0.1) is 18.6 Å². The molecule has 0 aliphatic carbocycles. The van der Waals surface area contributed by atoms with Crippen LogP contribution in [0.2, 0.25) is 0 Å². The van der Waals surface area contributed by atoms with E-state index in [1.54, 1.807) is 6.92 Å². The molecule has 1 heterocycles. The lowest BCUT2D eigenvalue weighted by molar-refractivity contribution is -0.304. The Kier molecular flexibility index (Phi) is 12.1. The number of carbonyl (C=O) groups is 1. The van der Waals surface area contributed by atoms with Crippen LogP contribution in [0, 0.1) is 0 Å². The van der Waals surface area contributed by atoms with Crippen molar-refractivity contribution >= 4 is 5.97 Å². The summed E-state index contributed by atoms with van der Waals surface area (Å²) in [6.45, 7) is 3.78. The zero-order valence-electron chi connectivity index (χ0n) is 16.8. The van der Waals surface area contributed by atoms with E-state index in [1.165, 1.54) is 38.5 Å². The van der Waals surface area contributed by atoms with Gasteiger partial charge in [-0.25, -0.2) is 0 Å². The molecule has 0 bridgehead atoms. The maximum Gasteiger partial charge on any atom is 0.305 e. The topological polar surface area (TPSA) is 116 Å². The van der Waals surface area contributed by atoms with E-state index in [0.717, 1.165) is 19.3 Å². The van der Waals surface area contributed by atoms with E-state index in [9.17, 15) is 20.1 Å². The van der Waals surface area contributed by atoms with Crippen molar-refractivity contribution in [2.75, 3.05) is 0 Å². The van der Waals surface area contributed by atoms with E-state index in [4.69, 9.17) is 14.6 Å². The first-order valence-corrected chi connectivity index (χ1v) is 10.4. The van der Waals surface area contributed by atoms with E-state index < -0.39 is 42.8 Å². The van der Waals surface area contributed by atoms with Gasteiger partial charge in [0.25, 0.3) is 0 Å². The van der Waals surface area contributed by atoms with Crippen LogP contribution in [0.15, 0.2) is 0 Å². The van der Waals surface area contributed by atoms with Gasteiger partial charge in [-0.1, -0.05) is 64.7 Å². The SMILES string of the molecule is CCCCCCCCCCCC(CC(=O)O)O[C@@H]1O[C@@H](C)[C@H](O)[C@@H](O)[C@H]1O. The Labute approximate surface area is 162 Å². The number of carboxylic acid groups (broad SMARTS) is 1. The van der Waals surface area contributed by atoms with Gasteiger partial charge < -0.3 is 29.9 Å². The number of hydrogen-bond donors (Lipinski definition) is 4. The number of aliphatic carboxylic acids is 1. The monoisotopic (exact) mass is 390 g/mol. The van der Waals surface area contributed by atoms with Crippen LogP contribution in [0.4, 0.5) is 0 Å². The summed E-state index contributed by atoms with van der Waals surface area (Å²) < 4.78 is 11.1. The van der Waals surface area contributed by atoms with Crippen molar-refractivity contribution in [3.63, 3.8) is 0 Å². The van der Waals surface area contributed by atoms with Crippen LogP contribution in [0.25, 0.3) is 0 Å². The molecular formula is C20H38O7. The molecule has 1 rings (SSSR count). The highest BCUT2D eigenvalue weighted by Gasteiger charge is 2.43. The Morgan fingerprint density at radius 3 is 2.04 bits per heavy atom. The highest BCUT2D eigenvalue weighted by atomic mass is 16.7. The molecule has 0 aromatic carbocycles. The molecule has 7 heteroatoms. The maximum absolute atomic E-state index is 11.1. The van der Waals surface area contributed by atoms with Crippen LogP contribution >= 0.6 is 0 Å². The van der Waals surface area contributed by atoms with Crippen LogP contribution < -0.4 is 0 Å². The zero-order valence-corrected chi connectivity index (χ0v) is 16.8. The third-order valence-corrected chi connectivity index (χ3v) is 5.17. The first kappa shape index (κ1) is 24.3. The van der Waals surface area contributed by atoms with E-state index in [2.05, 4.69) is 6.92 Å². The quantitative estimate of drug-likeness (QED) is 0.337. The number of carboxylic acids is 1. The molecule has 0 amide bonds. The minimum absolute atomic E-state index is 0.184. The molecule has 7 nitrogen and oxygen atoms in total. The minimum Gasteiger partial charge on any atom is -0.481 e. The highest BCUT2D eigenvalue weighted by molar-refractivity contribution is 5.67. The number of hydrogen-bond acceptors (Lipinski definition) is 6. The molecule has 1 unspecified atom stereocenters. The van der Waals surface area contributed by atoms with Gasteiger partial charge in [0, 0.05) is 0 Å². The van der Waals surface area contributed by atoms with E-state index in [-0.39, 0.29) is 6.42 Å². The van der Waals surface area contributed by atoms with Gasteiger partial charge in [-0.3, -0.25) is 4.79 Å². The summed E-state index contributed by atoms with van der Waals surface area (Å²) in [4.78, 5) is 11.1. The van der Waals surface area contributed by atoms with Crippen LogP contribution in [0.1, 0.15) is 84.5 Å². The third kappa shape index (κ3) is 9.34. The van der Waals surface area contributed by atoms with Gasteiger partial charge >= 0.3 is 5.97 Å². The van der Waals surface area contributed by atoms with Crippen LogP contribution in [-0.4, -0.2) is 63.2 Å². The number of ether oxygens (including phenoxy) is 2. The molecule has 0 aromatic heterocycles. The molecule has 160 valence electrons. The van der Waals surface area contributed by atoms with Crippen molar-refractivity contribution in [3.05, 3.63) is 0 Å². The predicted molar refractivity (Wildman–Crippen MR) is 101 cm³/mol. The van der Waals surface area contributed by atoms with Gasteiger partial charge in [0.2, 0.25) is 0 Å². The van der Waals surface area contributed by atoms with Crippen LogP contribution in [0.3, 0.4) is 0 Å². The van der Waals surface area contributed by atoms with Crippen molar-refractivity contribution < 1.29 is 34.7 Å². The standard InChI is InChI=1S/C20H38O7/c1-3-4-5-6-7-8-9-10-11-12-15(13-16(21)22)27-20-19(25)18(24)17(23)14(2)26-20/h14-15,17-20,23-25H,3-13H2,1-2H3,(H,21,22)/t14-,15?,17-,18+,19+,20-/m0/s1. The number of rotatable bonds is 14. The lowest BCUT2D eigenvalue weighted by Crippen LogP contribution is -2.58. The smallest absolute Gasteiger partial charge is 0.305 e. The Morgan fingerprint density at radius 2 is 1.48 bits per heavy atom. The van der Waals surface area contributed by atoms with Crippen LogP contribution in [-0.2, 0) is 14.3 Å². The average Bonchev–Trinajstić information content (AvgIpc) is 2.62. The summed E-state index contributed by atoms with van der Waals surface area (Å²) in [7, 11) is 0. The predicted octanol–water partition coefficient (Wildman–Crippen LogP) is 2.59. The summed E-state index contributed by atoms with van der Waals surface area (Å²) >= 11 is 0. The lowest BCUT2D eigenvalue weighted by atomic mass is 9.99. The fourth-order valence-corrected chi connectivity index (χ4v) is 3.41. The van der Waals surface area contributed by atoms with Gasteiger partial charge in [0.15, 0.2) is 6.29 Å². The largest absolute Gasteiger partial charge is 0.481 e. The minimum atomic E-state index is -1.41. The second-order valence-corrected chi connectivity index (χ2v) is 7.65. The van der Waals surface area contributed by atoms with Crippen LogP contribution in [0.5, 0.6) is 0 Å². The van der Waals surface area contributed by atoms with E-state index >= 15 is 0 Å². The maximum atomic E-state index is 11.1. The molecule has 1 aliphatic heterocycles. The molecular weight excluding hydrogens is 352 g/mol. The molecule has 1 aliphatic rings. The molecule has 6 atom stereocenters. The second-order valence-electron chi connectivity index (χ2n) is 7.65. The van der Waals surface area contributed by atoms with Crippen molar-refractivity contribution in [1.82, 2.24) is 0 Å². The summed E-state index contributed by atoms with van der Waals surface area (Å²) in [5.41, 5.74) is 0. The van der Waals surface area contributed by atoms with E-state index in [0.29, 0.717) is 6.42 Å². The number of unbranched alkanes of at least 4 members (excludes halogenated alkanes) is 8. The zero-order chi connectivity index (χ0) is 20.2. The van der Waals surface area contributed by atoms with Crippen molar-refractivity contribution in [2.24, 2.45) is 0 Å². The molecule has 0 aromatic rings. The second kappa shape index (κ2) is 13.4. The van der Waals surface area contributed by atoms with Gasteiger partial charge in [-0.05, 0) is 13.3 Å². The molecule has 0 saturated carbocycles. The summed E-state index contributed by atoms with van der Waals surface area (Å²) in [6, 6.07) is 0. The molecule has 0 radical (unpaired) electrons. The normalized spacial score (nSPS) is 29.6. The summed E-state index contributed by atoms with van der Waals surface area (Å²) in [5, 5.41) is 38.7. The molecule has 1 saturated heterocycles. The van der Waals surface area contributed by atoms with Crippen molar-refractivity contribution in [3.8, 4) is 0 Å². The molecule has 0 spiro atoms. The van der Waals surface area contributed by atoms with Gasteiger partial charge in [0.1, 0.15) is 18.3 Å². The number of aliphatic hydroxyl groups excluding tert-OH is 3. The van der Waals surface area contributed by atoms with E-state index in [1.807, 2.05) is 0 Å². The Balaban J connectivity index is 2.33. The van der Waals surface area contributed by atoms with Crippen molar-refractivity contribution in [2.45, 2.75) is 121 Å². The fourth-order valence-electron chi connectivity index (χ4n) is 3.41.